The van der Waals surface area contributed by atoms with Crippen LogP contribution in [0.25, 0.3) is 17.1 Å². The van der Waals surface area contributed by atoms with Crippen LogP contribution in [0.3, 0.4) is 0 Å². The summed E-state index contributed by atoms with van der Waals surface area (Å²) in [6.45, 7) is 0. The molecule has 0 aliphatic carbocycles. The standard InChI is InChI=1S/C21H16N6O/c28-21(25-23-15-16-8-7-13-22-14-16)19-24-20(17-9-3-1-4-10-17)27(26-19)18-11-5-2-6-12-18/h1-15H,(H,25,28)/b23-15+. The molecule has 0 bridgehead atoms. The van der Waals surface area contributed by atoms with Crippen LogP contribution in [-0.4, -0.2) is 31.9 Å². The van der Waals surface area contributed by atoms with Crippen LogP contribution in [0.2, 0.25) is 0 Å². The minimum atomic E-state index is -0.494. The van der Waals surface area contributed by atoms with E-state index in [1.165, 1.54) is 6.21 Å². The van der Waals surface area contributed by atoms with Gasteiger partial charge in [0.15, 0.2) is 5.82 Å². The number of carbonyl (C=O) groups excluding carboxylic acids is 1. The van der Waals surface area contributed by atoms with Gasteiger partial charge in [0, 0.05) is 23.5 Å². The molecule has 0 aliphatic rings. The lowest BCUT2D eigenvalue weighted by Crippen LogP contribution is -2.19. The van der Waals surface area contributed by atoms with Gasteiger partial charge in [-0.25, -0.2) is 15.1 Å². The Bertz CT molecular complexity index is 1030. The molecule has 1 amide bonds. The van der Waals surface area contributed by atoms with E-state index in [2.05, 4.69) is 25.6 Å². The molecule has 0 radical (unpaired) electrons. The highest BCUT2D eigenvalue weighted by Gasteiger charge is 2.18. The van der Waals surface area contributed by atoms with Crippen molar-refractivity contribution >= 4 is 12.1 Å². The molecule has 0 atom stereocenters. The summed E-state index contributed by atoms with van der Waals surface area (Å²) >= 11 is 0. The zero-order valence-electron chi connectivity index (χ0n) is 14.8. The lowest BCUT2D eigenvalue weighted by atomic mass is 10.2. The maximum atomic E-state index is 12.5. The first-order valence-corrected chi connectivity index (χ1v) is 8.62. The Balaban J connectivity index is 1.63. The van der Waals surface area contributed by atoms with E-state index >= 15 is 0 Å². The van der Waals surface area contributed by atoms with E-state index < -0.39 is 5.91 Å². The number of benzene rings is 2. The van der Waals surface area contributed by atoms with Crippen LogP contribution in [0.1, 0.15) is 16.2 Å². The highest BCUT2D eigenvalue weighted by atomic mass is 16.2. The Morgan fingerprint density at radius 1 is 0.964 bits per heavy atom. The summed E-state index contributed by atoms with van der Waals surface area (Å²) in [6.07, 6.45) is 4.82. The number of nitrogens with zero attached hydrogens (tertiary/aromatic N) is 5. The smallest absolute Gasteiger partial charge is 0.264 e. The van der Waals surface area contributed by atoms with E-state index in [1.807, 2.05) is 66.7 Å². The van der Waals surface area contributed by atoms with Crippen LogP contribution < -0.4 is 5.43 Å². The largest absolute Gasteiger partial charge is 0.311 e. The third-order valence-electron chi connectivity index (χ3n) is 3.91. The number of carbonyl (C=O) groups is 1. The number of para-hydroxylation sites is 1. The van der Waals surface area contributed by atoms with Gasteiger partial charge in [0.05, 0.1) is 11.9 Å². The van der Waals surface area contributed by atoms with Gasteiger partial charge < -0.3 is 0 Å². The molecule has 7 nitrogen and oxygen atoms in total. The van der Waals surface area contributed by atoms with Crippen molar-refractivity contribution < 1.29 is 4.79 Å². The number of hydrogen-bond donors (Lipinski definition) is 1. The van der Waals surface area contributed by atoms with Crippen LogP contribution >= 0.6 is 0 Å². The number of hydrazone groups is 1. The van der Waals surface area contributed by atoms with Crippen molar-refractivity contribution in [3.8, 4) is 17.1 Å². The van der Waals surface area contributed by atoms with Crippen molar-refractivity contribution in [1.82, 2.24) is 25.2 Å². The molecule has 0 saturated heterocycles. The number of hydrogen-bond acceptors (Lipinski definition) is 5. The molecule has 0 unspecified atom stereocenters. The second kappa shape index (κ2) is 8.05. The first kappa shape index (κ1) is 17.3. The Labute approximate surface area is 161 Å². The second-order valence-electron chi connectivity index (χ2n) is 5.86. The van der Waals surface area contributed by atoms with E-state index in [1.54, 1.807) is 23.1 Å². The molecule has 1 N–H and O–H groups in total. The maximum absolute atomic E-state index is 12.5. The SMILES string of the molecule is O=C(N/N=C/c1cccnc1)c1nc(-c2ccccc2)n(-c2ccccc2)n1. The molecule has 0 saturated carbocycles. The summed E-state index contributed by atoms with van der Waals surface area (Å²) in [5.41, 5.74) is 4.90. The average Bonchev–Trinajstić information content (AvgIpc) is 3.21. The number of pyridine rings is 1. The van der Waals surface area contributed by atoms with Crippen LogP contribution in [0.4, 0.5) is 0 Å². The zero-order valence-corrected chi connectivity index (χ0v) is 14.8. The fraction of sp³-hybridized carbons (Fsp3) is 0. The summed E-state index contributed by atoms with van der Waals surface area (Å²) in [4.78, 5) is 20.9. The number of nitrogens with one attached hydrogen (secondary N) is 1. The lowest BCUT2D eigenvalue weighted by Gasteiger charge is -2.05. The fourth-order valence-corrected chi connectivity index (χ4v) is 2.60. The van der Waals surface area contributed by atoms with Crippen molar-refractivity contribution in [3.63, 3.8) is 0 Å². The second-order valence-corrected chi connectivity index (χ2v) is 5.86. The van der Waals surface area contributed by atoms with Gasteiger partial charge in [0.25, 0.3) is 0 Å². The van der Waals surface area contributed by atoms with Crippen LogP contribution in [0.5, 0.6) is 0 Å². The molecule has 136 valence electrons. The van der Waals surface area contributed by atoms with E-state index in [0.717, 1.165) is 16.8 Å². The topological polar surface area (TPSA) is 85.1 Å². The van der Waals surface area contributed by atoms with Gasteiger partial charge in [0.1, 0.15) is 0 Å². The van der Waals surface area contributed by atoms with Gasteiger partial charge in [0.2, 0.25) is 5.82 Å². The van der Waals surface area contributed by atoms with E-state index in [9.17, 15) is 4.79 Å². The molecule has 2 heterocycles. The van der Waals surface area contributed by atoms with E-state index in [0.29, 0.717) is 5.82 Å². The molecule has 7 heteroatoms. The predicted octanol–water partition coefficient (Wildman–Crippen LogP) is 3.09. The van der Waals surface area contributed by atoms with Crippen LogP contribution in [-0.2, 0) is 0 Å². The lowest BCUT2D eigenvalue weighted by molar-refractivity contribution is 0.0945. The van der Waals surface area contributed by atoms with Crippen LogP contribution in [0, 0.1) is 0 Å². The third kappa shape index (κ3) is 3.83. The molecule has 2 aromatic carbocycles. The van der Waals surface area contributed by atoms with Crippen molar-refractivity contribution in [2.24, 2.45) is 5.10 Å². The summed E-state index contributed by atoms with van der Waals surface area (Å²) in [5.74, 6) is 0.117. The molecular weight excluding hydrogens is 352 g/mol. The van der Waals surface area contributed by atoms with Gasteiger partial charge in [-0.05, 0) is 18.2 Å². The van der Waals surface area contributed by atoms with Gasteiger partial charge in [-0.3, -0.25) is 9.78 Å². The van der Waals surface area contributed by atoms with Gasteiger partial charge in [-0.2, -0.15) is 5.10 Å². The molecule has 0 spiro atoms. The van der Waals surface area contributed by atoms with Gasteiger partial charge in [-0.15, -0.1) is 5.10 Å². The monoisotopic (exact) mass is 368 g/mol. The predicted molar refractivity (Wildman–Crippen MR) is 106 cm³/mol. The number of rotatable bonds is 5. The van der Waals surface area contributed by atoms with Crippen molar-refractivity contribution in [1.29, 1.82) is 0 Å². The van der Waals surface area contributed by atoms with Crippen molar-refractivity contribution in [2.75, 3.05) is 0 Å². The molecule has 0 aliphatic heterocycles. The highest BCUT2D eigenvalue weighted by molar-refractivity contribution is 5.92. The van der Waals surface area contributed by atoms with Gasteiger partial charge in [-0.1, -0.05) is 54.6 Å². The molecule has 4 rings (SSSR count). The molecule has 28 heavy (non-hydrogen) atoms. The summed E-state index contributed by atoms with van der Waals surface area (Å²) in [6, 6.07) is 22.8. The Hall–Kier alpha value is -4.13. The number of aromatic nitrogens is 4. The minimum absolute atomic E-state index is 0.0334. The van der Waals surface area contributed by atoms with E-state index in [-0.39, 0.29) is 5.82 Å². The minimum Gasteiger partial charge on any atom is -0.264 e. The zero-order chi connectivity index (χ0) is 19.2. The Morgan fingerprint density at radius 2 is 1.71 bits per heavy atom. The third-order valence-corrected chi connectivity index (χ3v) is 3.91. The summed E-state index contributed by atoms with van der Waals surface area (Å²) in [7, 11) is 0. The molecular formula is C21H16N6O. The van der Waals surface area contributed by atoms with E-state index in [4.69, 9.17) is 0 Å². The van der Waals surface area contributed by atoms with Crippen LogP contribution in [0.15, 0.2) is 90.3 Å². The average molecular weight is 368 g/mol. The Kier molecular flexibility index (Phi) is 4.97. The van der Waals surface area contributed by atoms with Crippen molar-refractivity contribution in [3.05, 3.63) is 96.6 Å². The summed E-state index contributed by atoms with van der Waals surface area (Å²) in [5, 5.41) is 8.34. The quantitative estimate of drug-likeness (QED) is 0.433. The number of amides is 1. The molecule has 4 aromatic rings. The highest BCUT2D eigenvalue weighted by Crippen LogP contribution is 2.20. The fourth-order valence-electron chi connectivity index (χ4n) is 2.60. The van der Waals surface area contributed by atoms with Gasteiger partial charge >= 0.3 is 5.91 Å². The molecule has 0 fully saturated rings. The molecule has 2 aromatic heterocycles. The summed E-state index contributed by atoms with van der Waals surface area (Å²) < 4.78 is 1.65. The normalized spacial score (nSPS) is 10.9. The first-order valence-electron chi connectivity index (χ1n) is 8.62. The Morgan fingerprint density at radius 3 is 2.43 bits per heavy atom. The first-order chi connectivity index (χ1) is 13.8. The van der Waals surface area contributed by atoms with Crippen molar-refractivity contribution in [2.45, 2.75) is 0 Å². The maximum Gasteiger partial charge on any atom is 0.311 e.